The molecule has 2 amide bonds. The second kappa shape index (κ2) is 3.08. The summed E-state index contributed by atoms with van der Waals surface area (Å²) >= 11 is 0. The maximum absolute atomic E-state index is 11.4. The van der Waals surface area contributed by atoms with Gasteiger partial charge in [0.1, 0.15) is 5.41 Å². The standard InChI is InChI=1S/C8H11NO4/c10-6-3-8(7(11)9-6)4-12-1-2-13-5-8/h1-5H2,(H,9,10,11). The molecule has 0 atom stereocenters. The lowest BCUT2D eigenvalue weighted by atomic mass is 9.88. The molecule has 2 saturated heterocycles. The van der Waals surface area contributed by atoms with Crippen LogP contribution < -0.4 is 5.32 Å². The highest BCUT2D eigenvalue weighted by atomic mass is 16.5. The summed E-state index contributed by atoms with van der Waals surface area (Å²) < 4.78 is 10.4. The van der Waals surface area contributed by atoms with Gasteiger partial charge < -0.3 is 9.47 Å². The SMILES string of the molecule is O=C1CC2(COCCOC2)C(=O)N1. The molecular formula is C8H11NO4. The average Bonchev–Trinajstić information content (AvgIpc) is 2.29. The van der Waals surface area contributed by atoms with Crippen LogP contribution >= 0.6 is 0 Å². The van der Waals surface area contributed by atoms with Gasteiger partial charge in [-0.1, -0.05) is 0 Å². The maximum Gasteiger partial charge on any atom is 0.237 e. The van der Waals surface area contributed by atoms with Crippen molar-refractivity contribution in [2.75, 3.05) is 26.4 Å². The Morgan fingerprint density at radius 3 is 2.23 bits per heavy atom. The molecule has 2 aliphatic heterocycles. The number of hydrogen-bond donors (Lipinski definition) is 1. The molecule has 2 fully saturated rings. The van der Waals surface area contributed by atoms with Crippen LogP contribution in [0.25, 0.3) is 0 Å². The van der Waals surface area contributed by atoms with E-state index in [0.29, 0.717) is 13.2 Å². The van der Waals surface area contributed by atoms with Crippen LogP contribution in [-0.2, 0) is 19.1 Å². The first-order valence-electron chi connectivity index (χ1n) is 4.23. The van der Waals surface area contributed by atoms with E-state index < -0.39 is 5.41 Å². The Bertz CT molecular complexity index is 243. The Morgan fingerprint density at radius 2 is 1.77 bits per heavy atom. The van der Waals surface area contributed by atoms with E-state index in [1.807, 2.05) is 0 Å². The molecule has 0 aromatic heterocycles. The molecule has 5 heteroatoms. The van der Waals surface area contributed by atoms with E-state index in [9.17, 15) is 9.59 Å². The molecule has 0 aromatic carbocycles. The summed E-state index contributed by atoms with van der Waals surface area (Å²) in [4.78, 5) is 22.4. The molecular weight excluding hydrogens is 174 g/mol. The van der Waals surface area contributed by atoms with Gasteiger partial charge in [-0.3, -0.25) is 14.9 Å². The first kappa shape index (κ1) is 8.65. The zero-order chi connectivity index (χ0) is 9.31. The second-order valence-corrected chi connectivity index (χ2v) is 3.44. The summed E-state index contributed by atoms with van der Waals surface area (Å²) in [7, 11) is 0. The Morgan fingerprint density at radius 1 is 1.15 bits per heavy atom. The molecule has 0 aliphatic carbocycles. The summed E-state index contributed by atoms with van der Waals surface area (Å²) in [5, 5.41) is 2.27. The molecule has 2 rings (SSSR count). The highest BCUT2D eigenvalue weighted by molar-refractivity contribution is 6.06. The van der Waals surface area contributed by atoms with Gasteiger partial charge in [0.05, 0.1) is 26.4 Å². The summed E-state index contributed by atoms with van der Waals surface area (Å²) in [6.45, 7) is 1.54. The van der Waals surface area contributed by atoms with Crippen LogP contribution in [0.1, 0.15) is 6.42 Å². The molecule has 72 valence electrons. The summed E-state index contributed by atoms with van der Waals surface area (Å²) in [6.07, 6.45) is 0.186. The normalized spacial score (nSPS) is 27.4. The van der Waals surface area contributed by atoms with Crippen molar-refractivity contribution in [3.63, 3.8) is 0 Å². The zero-order valence-electron chi connectivity index (χ0n) is 7.17. The van der Waals surface area contributed by atoms with Crippen molar-refractivity contribution >= 4 is 11.8 Å². The third-order valence-corrected chi connectivity index (χ3v) is 2.36. The van der Waals surface area contributed by atoms with Gasteiger partial charge in [-0.2, -0.15) is 0 Å². The molecule has 0 radical (unpaired) electrons. The summed E-state index contributed by atoms with van der Waals surface area (Å²) in [5.74, 6) is -0.501. The van der Waals surface area contributed by atoms with E-state index in [2.05, 4.69) is 5.32 Å². The number of hydrogen-bond acceptors (Lipinski definition) is 4. The molecule has 2 heterocycles. The number of carbonyl (C=O) groups is 2. The van der Waals surface area contributed by atoms with E-state index in [1.54, 1.807) is 0 Å². The van der Waals surface area contributed by atoms with Gasteiger partial charge in [0, 0.05) is 6.42 Å². The van der Waals surface area contributed by atoms with Crippen LogP contribution in [0.4, 0.5) is 0 Å². The first-order chi connectivity index (χ1) is 6.23. The van der Waals surface area contributed by atoms with Crippen molar-refractivity contribution in [3.05, 3.63) is 0 Å². The topological polar surface area (TPSA) is 64.6 Å². The van der Waals surface area contributed by atoms with Gasteiger partial charge in [-0.25, -0.2) is 0 Å². The van der Waals surface area contributed by atoms with E-state index >= 15 is 0 Å². The molecule has 0 aromatic rings. The minimum Gasteiger partial charge on any atom is -0.378 e. The fourth-order valence-corrected chi connectivity index (χ4v) is 1.62. The Balaban J connectivity index is 2.17. The smallest absolute Gasteiger partial charge is 0.237 e. The van der Waals surface area contributed by atoms with E-state index in [-0.39, 0.29) is 31.4 Å². The van der Waals surface area contributed by atoms with Crippen LogP contribution in [0, 0.1) is 5.41 Å². The fraction of sp³-hybridized carbons (Fsp3) is 0.750. The van der Waals surface area contributed by atoms with E-state index in [4.69, 9.17) is 9.47 Å². The van der Waals surface area contributed by atoms with Crippen LogP contribution in [0.5, 0.6) is 0 Å². The minimum absolute atomic E-state index is 0.186. The largest absolute Gasteiger partial charge is 0.378 e. The molecule has 1 N–H and O–H groups in total. The van der Waals surface area contributed by atoms with Gasteiger partial charge in [-0.05, 0) is 0 Å². The predicted molar refractivity (Wildman–Crippen MR) is 41.8 cm³/mol. The van der Waals surface area contributed by atoms with Crippen molar-refractivity contribution < 1.29 is 19.1 Å². The van der Waals surface area contributed by atoms with Crippen LogP contribution in [0.2, 0.25) is 0 Å². The number of nitrogens with one attached hydrogen (secondary N) is 1. The van der Waals surface area contributed by atoms with Crippen molar-refractivity contribution in [2.24, 2.45) is 5.41 Å². The number of imide groups is 1. The Labute approximate surface area is 75.4 Å². The van der Waals surface area contributed by atoms with Gasteiger partial charge in [-0.15, -0.1) is 0 Å². The molecule has 0 bridgehead atoms. The molecule has 5 nitrogen and oxygen atoms in total. The number of ether oxygens (including phenoxy) is 2. The number of carbonyl (C=O) groups excluding carboxylic acids is 2. The Hall–Kier alpha value is -0.940. The molecule has 2 aliphatic rings. The van der Waals surface area contributed by atoms with Crippen molar-refractivity contribution in [1.82, 2.24) is 5.32 Å². The maximum atomic E-state index is 11.4. The highest BCUT2D eigenvalue weighted by Crippen LogP contribution is 2.29. The van der Waals surface area contributed by atoms with E-state index in [0.717, 1.165) is 0 Å². The lowest BCUT2D eigenvalue weighted by Gasteiger charge is -2.20. The van der Waals surface area contributed by atoms with Crippen LogP contribution in [-0.4, -0.2) is 38.2 Å². The Kier molecular flexibility index (Phi) is 2.05. The van der Waals surface area contributed by atoms with Crippen molar-refractivity contribution in [2.45, 2.75) is 6.42 Å². The molecule has 13 heavy (non-hydrogen) atoms. The third kappa shape index (κ3) is 1.45. The molecule has 0 unspecified atom stereocenters. The van der Waals surface area contributed by atoms with Crippen molar-refractivity contribution in [3.8, 4) is 0 Å². The first-order valence-corrected chi connectivity index (χ1v) is 4.23. The molecule has 0 saturated carbocycles. The zero-order valence-corrected chi connectivity index (χ0v) is 7.17. The van der Waals surface area contributed by atoms with Gasteiger partial charge in [0.25, 0.3) is 0 Å². The van der Waals surface area contributed by atoms with Gasteiger partial charge in [0.15, 0.2) is 0 Å². The van der Waals surface area contributed by atoms with Crippen LogP contribution in [0.15, 0.2) is 0 Å². The van der Waals surface area contributed by atoms with Gasteiger partial charge >= 0.3 is 0 Å². The van der Waals surface area contributed by atoms with Crippen LogP contribution in [0.3, 0.4) is 0 Å². The lowest BCUT2D eigenvalue weighted by Crippen LogP contribution is -2.38. The predicted octanol–water partition coefficient (Wildman–Crippen LogP) is -0.934. The summed E-state index contributed by atoms with van der Waals surface area (Å²) in [6, 6.07) is 0. The third-order valence-electron chi connectivity index (χ3n) is 2.36. The highest BCUT2D eigenvalue weighted by Gasteiger charge is 2.48. The quantitative estimate of drug-likeness (QED) is 0.495. The van der Waals surface area contributed by atoms with Gasteiger partial charge in [0.2, 0.25) is 11.8 Å². The van der Waals surface area contributed by atoms with Crippen molar-refractivity contribution in [1.29, 1.82) is 0 Å². The second-order valence-electron chi connectivity index (χ2n) is 3.44. The molecule has 1 spiro atoms. The summed E-state index contributed by atoms with van der Waals surface area (Å²) in [5.41, 5.74) is -0.756. The lowest BCUT2D eigenvalue weighted by molar-refractivity contribution is -0.132. The average molecular weight is 185 g/mol. The minimum atomic E-state index is -0.756. The number of rotatable bonds is 0. The fourth-order valence-electron chi connectivity index (χ4n) is 1.62. The van der Waals surface area contributed by atoms with E-state index in [1.165, 1.54) is 0 Å². The monoisotopic (exact) mass is 185 g/mol. The number of amides is 2.